The average molecular weight is 718 g/mol. The Kier molecular flexibility index (Phi) is 23.0. The number of hydrogen-bond acceptors (Lipinski definition) is 14. The van der Waals surface area contributed by atoms with Crippen LogP contribution in [0.15, 0.2) is 0 Å². The minimum absolute atomic E-state index is 0.0603. The van der Waals surface area contributed by atoms with Gasteiger partial charge in [-0.05, 0) is 154 Å². The highest BCUT2D eigenvalue weighted by Gasteiger charge is 2.35. The zero-order valence-corrected chi connectivity index (χ0v) is 31.5. The maximum absolute atomic E-state index is 11.1. The lowest BCUT2D eigenvalue weighted by Crippen LogP contribution is -2.39. The van der Waals surface area contributed by atoms with Crippen molar-refractivity contribution in [2.24, 2.45) is 16.2 Å². The summed E-state index contributed by atoms with van der Waals surface area (Å²) in [4.78, 5) is 11.3. The van der Waals surface area contributed by atoms with Gasteiger partial charge >= 0.3 is 0 Å². The van der Waals surface area contributed by atoms with Gasteiger partial charge in [0.1, 0.15) is 0 Å². The molecule has 0 radical (unpaired) electrons. The second-order valence-corrected chi connectivity index (χ2v) is 16.1. The molecule has 0 atom stereocenters. The van der Waals surface area contributed by atoms with Crippen LogP contribution in [-0.4, -0.2) is 157 Å². The van der Waals surface area contributed by atoms with Gasteiger partial charge < -0.3 is 35.1 Å². The van der Waals surface area contributed by atoms with Gasteiger partial charge in [0.05, 0.1) is 26.6 Å². The molecular formula is C32H67N3O10S2. The summed E-state index contributed by atoms with van der Waals surface area (Å²) in [6.45, 7) is 8.16. The summed E-state index contributed by atoms with van der Waals surface area (Å²) in [6, 6.07) is 0. The van der Waals surface area contributed by atoms with E-state index in [0.29, 0.717) is 13.0 Å². The zero-order valence-electron chi connectivity index (χ0n) is 29.9. The third-order valence-corrected chi connectivity index (χ3v) is 11.6. The molecular weight excluding hydrogens is 650 g/mol. The van der Waals surface area contributed by atoms with Gasteiger partial charge in [0, 0.05) is 26.4 Å². The van der Waals surface area contributed by atoms with Crippen molar-refractivity contribution < 1.29 is 46.4 Å². The van der Waals surface area contributed by atoms with Crippen molar-refractivity contribution in [3.05, 3.63) is 0 Å². The van der Waals surface area contributed by atoms with Crippen LogP contribution in [0, 0.1) is 16.2 Å². The van der Waals surface area contributed by atoms with Crippen LogP contribution in [0.2, 0.25) is 0 Å². The summed E-state index contributed by atoms with van der Waals surface area (Å²) >= 11 is 0.809. The number of hydrogen-bond donors (Lipinski definition) is 4. The Balaban J connectivity index is 0.000000370. The van der Waals surface area contributed by atoms with Gasteiger partial charge in [0.15, 0.2) is 12.3 Å². The first kappa shape index (κ1) is 44.9. The number of aliphatic hydroxyl groups excluding tert-OH is 4. The molecule has 0 bridgehead atoms. The highest BCUT2D eigenvalue weighted by atomic mass is 32.2. The molecule has 13 nitrogen and oxygen atoms in total. The molecule has 47 heavy (non-hydrogen) atoms. The van der Waals surface area contributed by atoms with Crippen LogP contribution < -0.4 is 0 Å². The number of piperidine rings is 3. The van der Waals surface area contributed by atoms with E-state index in [1.807, 2.05) is 0 Å². The topological polar surface area (TPSA) is 162 Å². The van der Waals surface area contributed by atoms with E-state index < -0.39 is 10.1 Å². The zero-order chi connectivity index (χ0) is 35.2. The van der Waals surface area contributed by atoms with Gasteiger partial charge in [0.25, 0.3) is 10.1 Å². The fraction of sp³-hybridized carbons (Fsp3) is 1.00. The van der Waals surface area contributed by atoms with Crippen molar-refractivity contribution in [1.82, 2.24) is 14.7 Å². The summed E-state index contributed by atoms with van der Waals surface area (Å²) in [6.07, 6.45) is 12.5. The van der Waals surface area contributed by atoms with E-state index in [1.54, 1.807) is 0 Å². The first-order valence-electron chi connectivity index (χ1n) is 17.1. The molecule has 3 fully saturated rings. The molecule has 3 aliphatic rings. The summed E-state index contributed by atoms with van der Waals surface area (Å²) in [5, 5.41) is 35.9. The Hall–Kier alpha value is -0.140. The Bertz CT molecular complexity index is 828. The molecule has 0 unspecified atom stereocenters. The lowest BCUT2D eigenvalue weighted by Gasteiger charge is -2.40. The van der Waals surface area contributed by atoms with Crippen molar-refractivity contribution in [3.8, 4) is 0 Å². The van der Waals surface area contributed by atoms with Crippen molar-refractivity contribution >= 4 is 22.4 Å². The molecule has 0 aromatic heterocycles. The molecule has 3 aliphatic heterocycles. The minimum atomic E-state index is -3.38. The quantitative estimate of drug-likeness (QED) is 0.0538. The standard InChI is InChI=1S/C12H25NO6S2.2C10H21NO2/c1-13-8-4-12(5-9-13,6-10-17-20-19-16-2)7-11-18-21(3,14)15;2*1-11-6-2-10(3-7-11,4-8-12)5-9-13/h4-11H2,1-3H3;2*12-13H,2-9H2,1H3. The van der Waals surface area contributed by atoms with Crippen molar-refractivity contribution in [2.75, 3.05) is 113 Å². The molecule has 3 saturated heterocycles. The molecule has 0 aromatic carbocycles. The third-order valence-electron chi connectivity index (χ3n) is 10.5. The first-order valence-corrected chi connectivity index (χ1v) is 19.6. The monoisotopic (exact) mass is 717 g/mol. The minimum Gasteiger partial charge on any atom is -0.396 e. The SMILES string of the molecule is CN1CCC(CCO)(CCO)CC1.CN1CCC(CCO)(CCO)CC1.COOSOCCC1(CCOS(C)(=O)=O)CCN(C)CC1. The van der Waals surface area contributed by atoms with Gasteiger partial charge in [-0.3, -0.25) is 8.37 Å². The normalized spacial score (nSPS) is 21.7. The van der Waals surface area contributed by atoms with E-state index in [9.17, 15) is 8.42 Å². The molecule has 0 aliphatic carbocycles. The second-order valence-electron chi connectivity index (χ2n) is 14.0. The Labute approximate surface area is 289 Å². The van der Waals surface area contributed by atoms with E-state index in [1.165, 1.54) is 7.11 Å². The molecule has 282 valence electrons. The van der Waals surface area contributed by atoms with E-state index in [4.69, 9.17) is 28.8 Å². The molecule has 0 amide bonds. The maximum atomic E-state index is 11.1. The molecule has 3 heterocycles. The maximum Gasteiger partial charge on any atom is 0.264 e. The van der Waals surface area contributed by atoms with E-state index in [-0.39, 0.29) is 49.3 Å². The van der Waals surface area contributed by atoms with Crippen LogP contribution in [0.25, 0.3) is 0 Å². The highest BCUT2D eigenvalue weighted by molar-refractivity contribution is 7.89. The van der Waals surface area contributed by atoms with Crippen molar-refractivity contribution in [1.29, 1.82) is 0 Å². The second kappa shape index (κ2) is 24.1. The van der Waals surface area contributed by atoms with Gasteiger partial charge in [0.2, 0.25) is 0 Å². The van der Waals surface area contributed by atoms with Crippen molar-refractivity contribution in [2.45, 2.75) is 77.0 Å². The van der Waals surface area contributed by atoms with Crippen LogP contribution in [0.1, 0.15) is 77.0 Å². The fourth-order valence-corrected chi connectivity index (χ4v) is 7.48. The van der Waals surface area contributed by atoms with E-state index in [2.05, 4.69) is 45.1 Å². The van der Waals surface area contributed by atoms with Gasteiger partial charge in [-0.1, -0.05) is 0 Å². The molecule has 0 saturated carbocycles. The van der Waals surface area contributed by atoms with Gasteiger partial charge in [-0.25, -0.2) is 4.89 Å². The molecule has 3 rings (SSSR count). The lowest BCUT2D eigenvalue weighted by molar-refractivity contribution is -0.167. The smallest absolute Gasteiger partial charge is 0.264 e. The number of likely N-dealkylation sites (tertiary alicyclic amines) is 3. The number of rotatable bonds is 18. The average Bonchev–Trinajstić information content (AvgIpc) is 3.02. The summed E-state index contributed by atoms with van der Waals surface area (Å²) in [5.74, 6) is 0. The van der Waals surface area contributed by atoms with Crippen LogP contribution in [0.5, 0.6) is 0 Å². The molecule has 0 aromatic rings. The van der Waals surface area contributed by atoms with E-state index >= 15 is 0 Å². The van der Waals surface area contributed by atoms with Gasteiger partial charge in [-0.2, -0.15) is 8.42 Å². The largest absolute Gasteiger partial charge is 0.396 e. The van der Waals surface area contributed by atoms with Crippen LogP contribution in [0.3, 0.4) is 0 Å². The molecule has 15 heteroatoms. The summed E-state index contributed by atoms with van der Waals surface area (Å²) < 4.78 is 36.9. The molecule has 0 spiro atoms. The van der Waals surface area contributed by atoms with Crippen LogP contribution in [0.4, 0.5) is 0 Å². The lowest BCUT2D eigenvalue weighted by atomic mass is 9.73. The number of nitrogens with zero attached hydrogens (tertiary/aromatic N) is 3. The summed E-state index contributed by atoms with van der Waals surface area (Å²) in [5.41, 5.74) is 0.497. The Morgan fingerprint density at radius 1 is 0.596 bits per heavy atom. The molecule has 4 N–H and O–H groups in total. The number of aliphatic hydroxyl groups is 4. The Morgan fingerprint density at radius 2 is 0.915 bits per heavy atom. The van der Waals surface area contributed by atoms with Gasteiger partial charge in [-0.15, -0.1) is 4.33 Å². The summed E-state index contributed by atoms with van der Waals surface area (Å²) in [7, 11) is 4.38. The van der Waals surface area contributed by atoms with Crippen molar-refractivity contribution in [3.63, 3.8) is 0 Å². The predicted molar refractivity (Wildman–Crippen MR) is 186 cm³/mol. The predicted octanol–water partition coefficient (Wildman–Crippen LogP) is 2.54. The first-order chi connectivity index (χ1) is 22.3. The van der Waals surface area contributed by atoms with Crippen LogP contribution >= 0.6 is 12.3 Å². The van der Waals surface area contributed by atoms with Crippen LogP contribution in [-0.2, 0) is 27.7 Å². The highest BCUT2D eigenvalue weighted by Crippen LogP contribution is 2.40. The third kappa shape index (κ3) is 19.2. The van der Waals surface area contributed by atoms with E-state index in [0.717, 1.165) is 128 Å². The fourth-order valence-electron chi connectivity index (χ4n) is 6.85. The Morgan fingerprint density at radius 3 is 1.21 bits per heavy atom.